The van der Waals surface area contributed by atoms with Crippen molar-refractivity contribution in [1.29, 1.82) is 0 Å². The van der Waals surface area contributed by atoms with Gasteiger partial charge in [0.2, 0.25) is 0 Å². The molecule has 0 amide bonds. The fourth-order valence-electron chi connectivity index (χ4n) is 1.93. The zero-order valence-electron chi connectivity index (χ0n) is 6.52. The van der Waals surface area contributed by atoms with Crippen LogP contribution in [0, 0.1) is 0 Å². The highest BCUT2D eigenvalue weighted by Gasteiger charge is 2.23. The Morgan fingerprint density at radius 3 is 2.90 bits per heavy atom. The van der Waals surface area contributed by atoms with Crippen LogP contribution in [-0.2, 0) is 4.74 Å². The van der Waals surface area contributed by atoms with Gasteiger partial charge in [0.1, 0.15) is 0 Å². The monoisotopic (exact) mass is 138 g/mol. The lowest BCUT2D eigenvalue weighted by molar-refractivity contribution is 0.151. The number of hydrogen-bond donors (Lipinski definition) is 0. The second kappa shape index (κ2) is 2.30. The third-order valence-corrected chi connectivity index (χ3v) is 2.40. The highest BCUT2D eigenvalue weighted by atomic mass is 16.5. The van der Waals surface area contributed by atoms with E-state index in [4.69, 9.17) is 4.74 Å². The van der Waals surface area contributed by atoms with E-state index in [2.05, 4.69) is 6.92 Å². The first-order chi connectivity index (χ1) is 4.86. The average molecular weight is 138 g/mol. The molecule has 0 aromatic heterocycles. The van der Waals surface area contributed by atoms with E-state index in [0.29, 0.717) is 6.10 Å². The topological polar surface area (TPSA) is 9.23 Å². The summed E-state index contributed by atoms with van der Waals surface area (Å²) in [6.45, 7) is 2.16. The molecule has 2 aliphatic rings. The van der Waals surface area contributed by atoms with E-state index >= 15 is 0 Å². The fourth-order valence-corrected chi connectivity index (χ4v) is 1.93. The molecule has 56 valence electrons. The molecule has 1 aliphatic carbocycles. The highest BCUT2D eigenvalue weighted by molar-refractivity contribution is 5.16. The molecule has 2 rings (SSSR count). The summed E-state index contributed by atoms with van der Waals surface area (Å²) in [6.07, 6.45) is 6.91. The van der Waals surface area contributed by atoms with Crippen molar-refractivity contribution in [2.24, 2.45) is 0 Å². The number of ether oxygens (including phenoxy) is 1. The second-order valence-corrected chi connectivity index (χ2v) is 3.37. The van der Waals surface area contributed by atoms with E-state index in [1.165, 1.54) is 37.9 Å². The van der Waals surface area contributed by atoms with Crippen LogP contribution in [0.5, 0.6) is 0 Å². The van der Waals surface area contributed by atoms with E-state index in [1.807, 2.05) is 0 Å². The summed E-state index contributed by atoms with van der Waals surface area (Å²) in [5.41, 5.74) is 1.61. The highest BCUT2D eigenvalue weighted by Crippen LogP contribution is 2.35. The van der Waals surface area contributed by atoms with Crippen LogP contribution >= 0.6 is 0 Å². The molecule has 0 radical (unpaired) electrons. The smallest absolute Gasteiger partial charge is 0.0992 e. The maximum atomic E-state index is 5.64. The van der Waals surface area contributed by atoms with Gasteiger partial charge in [0.25, 0.3) is 0 Å². The van der Waals surface area contributed by atoms with Crippen molar-refractivity contribution in [2.75, 3.05) is 0 Å². The third kappa shape index (κ3) is 0.938. The van der Waals surface area contributed by atoms with Gasteiger partial charge in [-0.3, -0.25) is 0 Å². The number of hydrogen-bond acceptors (Lipinski definition) is 1. The number of allylic oxidation sites excluding steroid dienone is 1. The molecule has 1 aliphatic heterocycles. The van der Waals surface area contributed by atoms with Crippen LogP contribution in [-0.4, -0.2) is 6.10 Å². The Balaban J connectivity index is 2.13. The standard InChI is InChI=1S/C9H14O/c1-7-6-8-4-2-3-5-9(8)10-7/h7H,2-6H2,1H3/t7-/m1/s1. The Morgan fingerprint density at radius 2 is 2.10 bits per heavy atom. The Morgan fingerprint density at radius 1 is 1.30 bits per heavy atom. The average Bonchev–Trinajstić information content (AvgIpc) is 2.27. The molecule has 0 unspecified atom stereocenters. The summed E-state index contributed by atoms with van der Waals surface area (Å²) in [5, 5.41) is 0. The summed E-state index contributed by atoms with van der Waals surface area (Å²) in [6, 6.07) is 0. The Labute approximate surface area is 62.1 Å². The lowest BCUT2D eigenvalue weighted by Crippen LogP contribution is -1.97. The SMILES string of the molecule is C[C@@H]1CC2=C(CCCC2)O1. The minimum atomic E-state index is 0.475. The summed E-state index contributed by atoms with van der Waals surface area (Å²) < 4.78 is 5.64. The molecule has 1 heterocycles. The van der Waals surface area contributed by atoms with Crippen LogP contribution in [0.15, 0.2) is 11.3 Å². The van der Waals surface area contributed by atoms with Gasteiger partial charge < -0.3 is 4.74 Å². The maximum absolute atomic E-state index is 5.64. The van der Waals surface area contributed by atoms with Gasteiger partial charge in [0.05, 0.1) is 11.9 Å². The van der Waals surface area contributed by atoms with Crippen molar-refractivity contribution in [3.8, 4) is 0 Å². The molecule has 0 saturated heterocycles. The zero-order valence-corrected chi connectivity index (χ0v) is 6.52. The van der Waals surface area contributed by atoms with Gasteiger partial charge in [-0.15, -0.1) is 0 Å². The molecule has 0 N–H and O–H groups in total. The van der Waals surface area contributed by atoms with Crippen molar-refractivity contribution in [3.63, 3.8) is 0 Å². The van der Waals surface area contributed by atoms with Crippen LogP contribution in [0.25, 0.3) is 0 Å². The summed E-state index contributed by atoms with van der Waals surface area (Å²) in [5.74, 6) is 1.33. The first kappa shape index (κ1) is 6.26. The van der Waals surface area contributed by atoms with E-state index in [0.717, 1.165) is 0 Å². The first-order valence-corrected chi connectivity index (χ1v) is 4.24. The predicted octanol–water partition coefficient (Wildman–Crippen LogP) is 2.62. The van der Waals surface area contributed by atoms with Crippen LogP contribution < -0.4 is 0 Å². The molecule has 0 bridgehead atoms. The van der Waals surface area contributed by atoms with Crippen molar-refractivity contribution >= 4 is 0 Å². The Kier molecular flexibility index (Phi) is 1.44. The minimum Gasteiger partial charge on any atom is -0.495 e. The predicted molar refractivity (Wildman–Crippen MR) is 40.7 cm³/mol. The number of rotatable bonds is 0. The van der Waals surface area contributed by atoms with Crippen molar-refractivity contribution in [2.45, 2.75) is 45.1 Å². The van der Waals surface area contributed by atoms with E-state index < -0.39 is 0 Å². The molecule has 1 atom stereocenters. The van der Waals surface area contributed by atoms with Gasteiger partial charge in [-0.2, -0.15) is 0 Å². The largest absolute Gasteiger partial charge is 0.495 e. The molecule has 0 aromatic carbocycles. The molecular formula is C9H14O. The van der Waals surface area contributed by atoms with Gasteiger partial charge in [-0.25, -0.2) is 0 Å². The lowest BCUT2D eigenvalue weighted by atomic mass is 9.96. The molecule has 0 fully saturated rings. The summed E-state index contributed by atoms with van der Waals surface area (Å²) in [4.78, 5) is 0. The molecule has 0 saturated carbocycles. The van der Waals surface area contributed by atoms with Crippen LogP contribution in [0.1, 0.15) is 39.0 Å². The Hall–Kier alpha value is -0.460. The lowest BCUT2D eigenvalue weighted by Gasteiger charge is -2.11. The molecular weight excluding hydrogens is 124 g/mol. The van der Waals surface area contributed by atoms with Crippen molar-refractivity contribution in [3.05, 3.63) is 11.3 Å². The van der Waals surface area contributed by atoms with Crippen molar-refractivity contribution < 1.29 is 4.74 Å². The van der Waals surface area contributed by atoms with Gasteiger partial charge in [-0.05, 0) is 31.8 Å². The maximum Gasteiger partial charge on any atom is 0.0992 e. The van der Waals surface area contributed by atoms with E-state index in [1.54, 1.807) is 5.57 Å². The van der Waals surface area contributed by atoms with Crippen LogP contribution in [0.2, 0.25) is 0 Å². The van der Waals surface area contributed by atoms with E-state index in [-0.39, 0.29) is 0 Å². The summed E-state index contributed by atoms with van der Waals surface area (Å²) in [7, 11) is 0. The molecule has 0 aromatic rings. The zero-order chi connectivity index (χ0) is 6.97. The minimum absolute atomic E-state index is 0.475. The molecule has 1 nitrogen and oxygen atoms in total. The normalized spacial score (nSPS) is 31.9. The Bertz CT molecular complexity index is 152. The van der Waals surface area contributed by atoms with Crippen molar-refractivity contribution in [1.82, 2.24) is 0 Å². The van der Waals surface area contributed by atoms with Gasteiger partial charge in [-0.1, -0.05) is 0 Å². The fraction of sp³-hybridized carbons (Fsp3) is 0.778. The molecule has 0 spiro atoms. The molecule has 1 heteroatoms. The van der Waals surface area contributed by atoms with Crippen LogP contribution in [0.3, 0.4) is 0 Å². The second-order valence-electron chi connectivity index (χ2n) is 3.37. The molecule has 10 heavy (non-hydrogen) atoms. The third-order valence-electron chi connectivity index (χ3n) is 2.40. The van der Waals surface area contributed by atoms with Gasteiger partial charge in [0, 0.05) is 12.8 Å². The van der Waals surface area contributed by atoms with Gasteiger partial charge in [0.15, 0.2) is 0 Å². The first-order valence-electron chi connectivity index (χ1n) is 4.24. The summed E-state index contributed by atoms with van der Waals surface area (Å²) >= 11 is 0. The van der Waals surface area contributed by atoms with E-state index in [9.17, 15) is 0 Å². The van der Waals surface area contributed by atoms with Crippen LogP contribution in [0.4, 0.5) is 0 Å². The van der Waals surface area contributed by atoms with Gasteiger partial charge >= 0.3 is 0 Å². The quantitative estimate of drug-likeness (QED) is 0.500.